The highest BCUT2D eigenvalue weighted by atomic mass is 19.2. The van der Waals surface area contributed by atoms with Crippen molar-refractivity contribution in [1.82, 2.24) is 4.90 Å². The molecule has 0 aliphatic rings. The van der Waals surface area contributed by atoms with Crippen molar-refractivity contribution in [1.29, 1.82) is 0 Å². The zero-order valence-corrected chi connectivity index (χ0v) is 9.63. The lowest BCUT2D eigenvalue weighted by Gasteiger charge is -2.24. The molecule has 1 rings (SSSR count). The van der Waals surface area contributed by atoms with Gasteiger partial charge in [0, 0.05) is 13.1 Å². The Bertz CT molecular complexity index is 393. The third-order valence-corrected chi connectivity index (χ3v) is 2.75. The first-order valence-electron chi connectivity index (χ1n) is 5.20. The van der Waals surface area contributed by atoms with Gasteiger partial charge in [-0.1, -0.05) is 13.0 Å². The van der Waals surface area contributed by atoms with E-state index in [4.69, 9.17) is 0 Å². The van der Waals surface area contributed by atoms with Crippen molar-refractivity contribution in [2.75, 3.05) is 7.05 Å². The zero-order chi connectivity index (χ0) is 12.3. The summed E-state index contributed by atoms with van der Waals surface area (Å²) < 4.78 is 26.3. The van der Waals surface area contributed by atoms with Crippen molar-refractivity contribution in [3.05, 3.63) is 35.4 Å². The number of benzene rings is 1. The molecule has 0 N–H and O–H groups in total. The van der Waals surface area contributed by atoms with E-state index in [1.807, 2.05) is 13.8 Å². The van der Waals surface area contributed by atoms with Gasteiger partial charge >= 0.3 is 0 Å². The summed E-state index contributed by atoms with van der Waals surface area (Å²) >= 11 is 0. The highest BCUT2D eigenvalue weighted by Crippen LogP contribution is 2.15. The van der Waals surface area contributed by atoms with Crippen LogP contribution in [0, 0.1) is 11.6 Å². The molecule has 0 spiro atoms. The molecule has 1 atom stereocenters. The molecule has 1 aromatic carbocycles. The van der Waals surface area contributed by atoms with Gasteiger partial charge < -0.3 is 4.90 Å². The monoisotopic (exact) mass is 227 g/mol. The number of rotatable bonds is 3. The van der Waals surface area contributed by atoms with Gasteiger partial charge in [0.2, 0.25) is 0 Å². The van der Waals surface area contributed by atoms with Crippen LogP contribution in [0.25, 0.3) is 0 Å². The maximum atomic E-state index is 13.4. The van der Waals surface area contributed by atoms with Crippen molar-refractivity contribution in [2.45, 2.75) is 26.3 Å². The van der Waals surface area contributed by atoms with E-state index in [0.717, 1.165) is 12.5 Å². The summed E-state index contributed by atoms with van der Waals surface area (Å²) in [5, 5.41) is 0. The summed E-state index contributed by atoms with van der Waals surface area (Å²) in [6.45, 7) is 3.78. The van der Waals surface area contributed by atoms with Crippen molar-refractivity contribution in [2.24, 2.45) is 0 Å². The van der Waals surface area contributed by atoms with E-state index in [0.29, 0.717) is 0 Å². The summed E-state index contributed by atoms with van der Waals surface area (Å²) in [6.07, 6.45) is 0.763. The molecule has 0 aliphatic heterocycles. The molecule has 0 aromatic heterocycles. The lowest BCUT2D eigenvalue weighted by molar-refractivity contribution is 0.0734. The molecule has 4 heteroatoms. The summed E-state index contributed by atoms with van der Waals surface area (Å²) in [7, 11) is 1.58. The number of hydrogen-bond donors (Lipinski definition) is 0. The zero-order valence-electron chi connectivity index (χ0n) is 9.63. The molecule has 1 aromatic rings. The predicted octanol–water partition coefficient (Wildman–Crippen LogP) is 2.84. The number of hydrogen-bond acceptors (Lipinski definition) is 1. The first kappa shape index (κ1) is 12.6. The first-order chi connectivity index (χ1) is 7.49. The molecule has 0 saturated carbocycles. The van der Waals surface area contributed by atoms with Crippen LogP contribution in [0.5, 0.6) is 0 Å². The highest BCUT2D eigenvalue weighted by molar-refractivity contribution is 5.94. The maximum Gasteiger partial charge on any atom is 0.256 e. The Morgan fingerprint density at radius 1 is 1.44 bits per heavy atom. The van der Waals surface area contributed by atoms with Gasteiger partial charge in [-0.25, -0.2) is 8.78 Å². The van der Waals surface area contributed by atoms with Crippen LogP contribution in [-0.4, -0.2) is 23.9 Å². The molecular weight excluding hydrogens is 212 g/mol. The summed E-state index contributed by atoms with van der Waals surface area (Å²) in [4.78, 5) is 13.3. The minimum atomic E-state index is -1.08. The third kappa shape index (κ3) is 2.38. The van der Waals surface area contributed by atoms with Crippen LogP contribution < -0.4 is 0 Å². The Morgan fingerprint density at radius 2 is 2.06 bits per heavy atom. The van der Waals surface area contributed by atoms with Crippen LogP contribution in [0.1, 0.15) is 30.6 Å². The first-order valence-corrected chi connectivity index (χ1v) is 5.20. The summed E-state index contributed by atoms with van der Waals surface area (Å²) in [6, 6.07) is 3.61. The van der Waals surface area contributed by atoms with Crippen LogP contribution in [-0.2, 0) is 0 Å². The van der Waals surface area contributed by atoms with E-state index in [-0.39, 0.29) is 11.6 Å². The molecular formula is C12H15F2NO. The van der Waals surface area contributed by atoms with Crippen LogP contribution in [0.4, 0.5) is 8.78 Å². The van der Waals surface area contributed by atoms with Crippen molar-refractivity contribution < 1.29 is 13.6 Å². The minimum Gasteiger partial charge on any atom is -0.339 e. The number of amides is 1. The van der Waals surface area contributed by atoms with Crippen molar-refractivity contribution >= 4 is 5.91 Å². The molecule has 16 heavy (non-hydrogen) atoms. The van der Waals surface area contributed by atoms with Gasteiger partial charge in [0.15, 0.2) is 11.6 Å². The predicted molar refractivity (Wildman–Crippen MR) is 58.2 cm³/mol. The number of nitrogens with zero attached hydrogens (tertiary/aromatic N) is 1. The normalized spacial score (nSPS) is 12.3. The molecule has 0 radical (unpaired) electrons. The number of carbonyl (C=O) groups excluding carboxylic acids is 1. The minimum absolute atomic E-state index is 0.00447. The Balaban J connectivity index is 3.01. The molecule has 0 aliphatic carbocycles. The topological polar surface area (TPSA) is 20.3 Å². The van der Waals surface area contributed by atoms with Gasteiger partial charge in [-0.05, 0) is 25.5 Å². The van der Waals surface area contributed by atoms with E-state index in [1.54, 1.807) is 7.05 Å². The largest absolute Gasteiger partial charge is 0.339 e. The maximum absolute atomic E-state index is 13.4. The smallest absolute Gasteiger partial charge is 0.256 e. The van der Waals surface area contributed by atoms with Crippen LogP contribution in [0.3, 0.4) is 0 Å². The quantitative estimate of drug-likeness (QED) is 0.777. The molecule has 88 valence electrons. The average molecular weight is 227 g/mol. The highest BCUT2D eigenvalue weighted by Gasteiger charge is 2.20. The van der Waals surface area contributed by atoms with Gasteiger partial charge in [0.25, 0.3) is 5.91 Å². The molecule has 0 heterocycles. The number of carbonyl (C=O) groups is 1. The Kier molecular flexibility index (Phi) is 3.99. The SMILES string of the molecule is CCC(C)N(C)C(=O)c1cccc(F)c1F. The second-order valence-electron chi connectivity index (χ2n) is 3.77. The molecule has 0 saturated heterocycles. The Labute approximate surface area is 93.9 Å². The lowest BCUT2D eigenvalue weighted by Crippen LogP contribution is -2.35. The standard InChI is InChI=1S/C12H15F2NO/c1-4-8(2)15(3)12(16)9-6-5-7-10(13)11(9)14/h5-8H,4H2,1-3H3. The third-order valence-electron chi connectivity index (χ3n) is 2.75. The van der Waals surface area contributed by atoms with Gasteiger partial charge in [0.1, 0.15) is 0 Å². The van der Waals surface area contributed by atoms with Crippen LogP contribution >= 0.6 is 0 Å². The van der Waals surface area contributed by atoms with E-state index >= 15 is 0 Å². The fourth-order valence-corrected chi connectivity index (χ4v) is 1.33. The second kappa shape index (κ2) is 5.05. The van der Waals surface area contributed by atoms with Gasteiger partial charge in [-0.15, -0.1) is 0 Å². The van der Waals surface area contributed by atoms with Crippen molar-refractivity contribution in [3.8, 4) is 0 Å². The molecule has 1 amide bonds. The van der Waals surface area contributed by atoms with Gasteiger partial charge in [-0.2, -0.15) is 0 Å². The van der Waals surface area contributed by atoms with E-state index in [2.05, 4.69) is 0 Å². The van der Waals surface area contributed by atoms with Gasteiger partial charge in [-0.3, -0.25) is 4.79 Å². The molecule has 2 nitrogen and oxygen atoms in total. The summed E-state index contributed by atoms with van der Waals surface area (Å²) in [5.74, 6) is -2.57. The van der Waals surface area contributed by atoms with E-state index < -0.39 is 17.5 Å². The van der Waals surface area contributed by atoms with E-state index in [1.165, 1.54) is 17.0 Å². The van der Waals surface area contributed by atoms with Crippen LogP contribution in [0.15, 0.2) is 18.2 Å². The summed E-state index contributed by atoms with van der Waals surface area (Å²) in [5.41, 5.74) is -0.220. The van der Waals surface area contributed by atoms with E-state index in [9.17, 15) is 13.6 Å². The van der Waals surface area contributed by atoms with Gasteiger partial charge in [0.05, 0.1) is 5.56 Å². The Hall–Kier alpha value is -1.45. The Morgan fingerprint density at radius 3 is 2.62 bits per heavy atom. The van der Waals surface area contributed by atoms with Crippen LogP contribution in [0.2, 0.25) is 0 Å². The lowest BCUT2D eigenvalue weighted by atomic mass is 10.1. The fraction of sp³-hybridized carbons (Fsp3) is 0.417. The van der Waals surface area contributed by atoms with Crippen molar-refractivity contribution in [3.63, 3.8) is 0 Å². The molecule has 0 bridgehead atoms. The molecule has 1 unspecified atom stereocenters. The number of halogens is 2. The second-order valence-corrected chi connectivity index (χ2v) is 3.77. The molecule has 0 fully saturated rings. The average Bonchev–Trinajstić information content (AvgIpc) is 2.29. The fourth-order valence-electron chi connectivity index (χ4n) is 1.33.